The number of halogens is 4. The number of carbonyl (C=O) groups excluding carboxylic acids is 1. The minimum absolute atomic E-state index is 0. The Kier molecular flexibility index (Phi) is 8.96. The molecule has 31 heavy (non-hydrogen) atoms. The molecular formula is C21H24F3IN4O2. The van der Waals surface area contributed by atoms with Gasteiger partial charge >= 0.3 is 6.36 Å². The number of nitrogens with two attached hydrogens (primary N) is 1. The number of amides is 1. The Morgan fingerprint density at radius 3 is 2.48 bits per heavy atom. The van der Waals surface area contributed by atoms with Gasteiger partial charge in [-0.3, -0.25) is 9.79 Å². The Hall–Kier alpha value is -2.50. The van der Waals surface area contributed by atoms with E-state index in [1.54, 1.807) is 0 Å². The largest absolute Gasteiger partial charge is 0.573 e. The van der Waals surface area contributed by atoms with E-state index in [9.17, 15) is 18.0 Å². The summed E-state index contributed by atoms with van der Waals surface area (Å²) < 4.78 is 40.3. The van der Waals surface area contributed by atoms with Crippen molar-refractivity contribution >= 4 is 41.5 Å². The second-order valence-corrected chi connectivity index (χ2v) is 6.90. The van der Waals surface area contributed by atoms with Gasteiger partial charge in [-0.15, -0.1) is 37.1 Å². The molecule has 10 heteroatoms. The van der Waals surface area contributed by atoms with E-state index in [-0.39, 0.29) is 41.6 Å². The van der Waals surface area contributed by atoms with Crippen LogP contribution in [0, 0.1) is 0 Å². The molecule has 2 aromatic rings. The van der Waals surface area contributed by atoms with Crippen LogP contribution in [0.5, 0.6) is 5.75 Å². The van der Waals surface area contributed by atoms with Crippen LogP contribution in [0.3, 0.4) is 0 Å². The third-order valence-electron chi connectivity index (χ3n) is 4.67. The number of hydrogen-bond donors (Lipinski definition) is 2. The predicted molar refractivity (Wildman–Crippen MR) is 123 cm³/mol. The molecule has 6 nitrogen and oxygen atoms in total. The highest BCUT2D eigenvalue weighted by Gasteiger charge is 2.30. The molecule has 3 rings (SSSR count). The maximum Gasteiger partial charge on any atom is 0.573 e. The fraction of sp³-hybridized carbons (Fsp3) is 0.333. The number of aliphatic imine (C=N–C) groups is 1. The summed E-state index contributed by atoms with van der Waals surface area (Å²) in [6.45, 7) is 1.72. The van der Waals surface area contributed by atoms with Crippen LogP contribution < -0.4 is 15.8 Å². The van der Waals surface area contributed by atoms with Crippen LogP contribution >= 0.6 is 24.0 Å². The monoisotopic (exact) mass is 548 g/mol. The molecule has 0 radical (unpaired) electrons. The zero-order valence-electron chi connectivity index (χ0n) is 16.7. The van der Waals surface area contributed by atoms with E-state index in [0.717, 1.165) is 13.0 Å². The van der Waals surface area contributed by atoms with Crippen LogP contribution in [-0.4, -0.2) is 36.2 Å². The maximum atomic E-state index is 12.4. The first-order chi connectivity index (χ1) is 14.3. The molecule has 0 unspecified atom stereocenters. The van der Waals surface area contributed by atoms with Gasteiger partial charge in [0.2, 0.25) is 5.91 Å². The van der Waals surface area contributed by atoms with Crippen LogP contribution in [0.1, 0.15) is 24.0 Å². The van der Waals surface area contributed by atoms with Crippen molar-refractivity contribution in [3.05, 3.63) is 59.7 Å². The van der Waals surface area contributed by atoms with Crippen LogP contribution in [0.25, 0.3) is 0 Å². The van der Waals surface area contributed by atoms with Gasteiger partial charge < -0.3 is 20.7 Å². The molecule has 0 aromatic heterocycles. The zero-order chi connectivity index (χ0) is 21.6. The van der Waals surface area contributed by atoms with Crippen molar-refractivity contribution in [3.63, 3.8) is 0 Å². The van der Waals surface area contributed by atoms with Crippen molar-refractivity contribution in [1.82, 2.24) is 4.90 Å². The third kappa shape index (κ3) is 7.93. The summed E-state index contributed by atoms with van der Waals surface area (Å²) in [5, 5.41) is 2.79. The lowest BCUT2D eigenvalue weighted by molar-refractivity contribution is -0.274. The summed E-state index contributed by atoms with van der Waals surface area (Å²) in [6.07, 6.45) is -2.94. The van der Waals surface area contributed by atoms with Gasteiger partial charge in [-0.2, -0.15) is 0 Å². The average Bonchev–Trinajstić information content (AvgIpc) is 2.71. The number of ether oxygens (including phenoxy) is 1. The minimum Gasteiger partial charge on any atom is -0.406 e. The number of anilines is 1. The SMILES string of the molecule is I.NC(=NCCCC(=O)N1CCc2ccccc2C1)Nc1ccc(OC(F)(F)F)cc1. The molecule has 0 bridgehead atoms. The Bertz CT molecular complexity index is 904. The third-order valence-corrected chi connectivity index (χ3v) is 4.67. The second-order valence-electron chi connectivity index (χ2n) is 6.90. The lowest BCUT2D eigenvalue weighted by Gasteiger charge is -2.28. The van der Waals surface area contributed by atoms with Gasteiger partial charge in [0.15, 0.2) is 5.96 Å². The van der Waals surface area contributed by atoms with E-state index in [2.05, 4.69) is 21.1 Å². The highest BCUT2D eigenvalue weighted by molar-refractivity contribution is 14.0. The Balaban J connectivity index is 0.00000341. The van der Waals surface area contributed by atoms with Crippen LogP contribution in [0.15, 0.2) is 53.5 Å². The summed E-state index contributed by atoms with van der Waals surface area (Å²) in [7, 11) is 0. The van der Waals surface area contributed by atoms with E-state index >= 15 is 0 Å². The highest BCUT2D eigenvalue weighted by Crippen LogP contribution is 2.24. The Morgan fingerprint density at radius 2 is 1.81 bits per heavy atom. The first-order valence-corrected chi connectivity index (χ1v) is 9.57. The topological polar surface area (TPSA) is 80.0 Å². The van der Waals surface area contributed by atoms with Gasteiger partial charge in [0.05, 0.1) is 0 Å². The van der Waals surface area contributed by atoms with E-state index in [4.69, 9.17) is 5.73 Å². The molecule has 0 fully saturated rings. The molecule has 3 N–H and O–H groups in total. The minimum atomic E-state index is -4.73. The molecule has 1 amide bonds. The first kappa shape index (κ1) is 24.8. The van der Waals surface area contributed by atoms with Gasteiger partial charge in [-0.05, 0) is 48.2 Å². The number of guanidine groups is 1. The summed E-state index contributed by atoms with van der Waals surface area (Å²) in [6, 6.07) is 13.3. The number of alkyl halides is 3. The van der Waals surface area contributed by atoms with Crippen molar-refractivity contribution in [2.75, 3.05) is 18.4 Å². The number of hydrogen-bond acceptors (Lipinski definition) is 3. The molecule has 0 spiro atoms. The number of benzene rings is 2. The Morgan fingerprint density at radius 1 is 1.13 bits per heavy atom. The molecule has 2 aromatic carbocycles. The van der Waals surface area contributed by atoms with Gasteiger partial charge in [0.25, 0.3) is 0 Å². The highest BCUT2D eigenvalue weighted by atomic mass is 127. The first-order valence-electron chi connectivity index (χ1n) is 9.57. The molecular weight excluding hydrogens is 524 g/mol. The number of nitrogens with zero attached hydrogens (tertiary/aromatic N) is 2. The van der Waals surface area contributed by atoms with Gasteiger partial charge in [0, 0.05) is 31.7 Å². The normalized spacial score (nSPS) is 13.8. The van der Waals surface area contributed by atoms with E-state index in [0.29, 0.717) is 31.6 Å². The Labute approximate surface area is 195 Å². The van der Waals surface area contributed by atoms with E-state index < -0.39 is 6.36 Å². The number of nitrogens with one attached hydrogen (secondary N) is 1. The lowest BCUT2D eigenvalue weighted by Crippen LogP contribution is -2.35. The van der Waals surface area contributed by atoms with Crippen molar-refractivity contribution in [2.45, 2.75) is 32.2 Å². The fourth-order valence-electron chi connectivity index (χ4n) is 3.22. The second kappa shape index (κ2) is 11.2. The lowest BCUT2D eigenvalue weighted by atomic mass is 9.99. The molecule has 1 heterocycles. The fourth-order valence-corrected chi connectivity index (χ4v) is 3.22. The summed E-state index contributed by atoms with van der Waals surface area (Å²) in [5.74, 6) is -0.104. The van der Waals surface area contributed by atoms with Gasteiger partial charge in [-0.25, -0.2) is 0 Å². The molecule has 1 aliphatic heterocycles. The number of carbonyl (C=O) groups is 1. The predicted octanol–water partition coefficient (Wildman–Crippen LogP) is 4.29. The molecule has 168 valence electrons. The van der Waals surface area contributed by atoms with Gasteiger partial charge in [0.1, 0.15) is 5.75 Å². The molecule has 0 aliphatic carbocycles. The zero-order valence-corrected chi connectivity index (χ0v) is 19.0. The maximum absolute atomic E-state index is 12.4. The molecule has 0 saturated heterocycles. The molecule has 0 atom stereocenters. The van der Waals surface area contributed by atoms with Crippen molar-refractivity contribution in [1.29, 1.82) is 0 Å². The quantitative estimate of drug-likeness (QED) is 0.244. The van der Waals surface area contributed by atoms with Crippen molar-refractivity contribution in [3.8, 4) is 5.75 Å². The van der Waals surface area contributed by atoms with E-state index in [1.165, 1.54) is 35.4 Å². The number of rotatable bonds is 6. The standard InChI is InChI=1S/C21H23F3N4O2.HI/c22-21(23,24)30-18-9-7-17(8-10-18)27-20(25)26-12-3-6-19(29)28-13-11-15-4-1-2-5-16(15)14-28;/h1-2,4-5,7-10H,3,6,11-14H2,(H3,25,26,27);1H. The average molecular weight is 548 g/mol. The van der Waals surface area contributed by atoms with Crippen LogP contribution in [0.2, 0.25) is 0 Å². The summed E-state index contributed by atoms with van der Waals surface area (Å²) >= 11 is 0. The van der Waals surface area contributed by atoms with Crippen LogP contribution in [-0.2, 0) is 17.8 Å². The van der Waals surface area contributed by atoms with Gasteiger partial charge in [-0.1, -0.05) is 24.3 Å². The summed E-state index contributed by atoms with van der Waals surface area (Å²) in [4.78, 5) is 18.4. The number of fused-ring (bicyclic) bond motifs is 1. The van der Waals surface area contributed by atoms with Crippen LogP contribution in [0.4, 0.5) is 18.9 Å². The molecule has 0 saturated carbocycles. The summed E-state index contributed by atoms with van der Waals surface area (Å²) in [5.41, 5.74) is 8.76. The van der Waals surface area contributed by atoms with Crippen molar-refractivity contribution < 1.29 is 22.7 Å². The molecule has 1 aliphatic rings. The van der Waals surface area contributed by atoms with E-state index in [1.807, 2.05) is 23.1 Å². The smallest absolute Gasteiger partial charge is 0.406 e. The van der Waals surface area contributed by atoms with Crippen molar-refractivity contribution in [2.24, 2.45) is 10.7 Å².